The quantitative estimate of drug-likeness (QED) is 0.680. The number of rotatable bonds is 3. The third-order valence-corrected chi connectivity index (χ3v) is 5.07. The van der Waals surface area contributed by atoms with Crippen LogP contribution in [0.3, 0.4) is 0 Å². The molecule has 1 aliphatic heterocycles. The smallest absolute Gasteiger partial charge is 0.257 e. The molecule has 0 radical (unpaired) electrons. The van der Waals surface area contributed by atoms with E-state index in [0.29, 0.717) is 29.4 Å². The second-order valence-electron chi connectivity index (χ2n) is 6.43. The topological polar surface area (TPSA) is 55.6 Å². The summed E-state index contributed by atoms with van der Waals surface area (Å²) in [6, 6.07) is 12.9. The van der Waals surface area contributed by atoms with Gasteiger partial charge in [0.25, 0.3) is 5.91 Å². The van der Waals surface area contributed by atoms with Crippen molar-refractivity contribution < 1.29 is 13.9 Å². The number of amides is 1. The zero-order chi connectivity index (χ0) is 18.1. The van der Waals surface area contributed by atoms with Crippen LogP contribution in [-0.4, -0.2) is 36.0 Å². The molecule has 4 rings (SSSR count). The molecular weight excluding hydrogens is 352 g/mol. The summed E-state index contributed by atoms with van der Waals surface area (Å²) in [7, 11) is 1.56. The van der Waals surface area contributed by atoms with E-state index in [1.165, 1.54) is 0 Å². The number of hydrogen-bond acceptors (Lipinski definition) is 4. The first-order chi connectivity index (χ1) is 12.7. The number of ether oxygens (including phenoxy) is 1. The minimum absolute atomic E-state index is 0.0552. The number of methoxy groups -OCH3 is 1. The van der Waals surface area contributed by atoms with Crippen LogP contribution in [0.2, 0.25) is 5.02 Å². The summed E-state index contributed by atoms with van der Waals surface area (Å²) in [5, 5.41) is 0.524. The van der Waals surface area contributed by atoms with Gasteiger partial charge >= 0.3 is 0 Å². The summed E-state index contributed by atoms with van der Waals surface area (Å²) in [5.74, 6) is 1.48. The molecule has 26 heavy (non-hydrogen) atoms. The maximum absolute atomic E-state index is 12.9. The predicted molar refractivity (Wildman–Crippen MR) is 99.9 cm³/mol. The Labute approximate surface area is 156 Å². The summed E-state index contributed by atoms with van der Waals surface area (Å²) < 4.78 is 11.2. The van der Waals surface area contributed by atoms with Gasteiger partial charge in [-0.1, -0.05) is 23.7 Å². The Morgan fingerprint density at radius 2 is 2.00 bits per heavy atom. The van der Waals surface area contributed by atoms with Crippen molar-refractivity contribution >= 4 is 28.6 Å². The van der Waals surface area contributed by atoms with Crippen molar-refractivity contribution in [3.05, 3.63) is 58.9 Å². The summed E-state index contributed by atoms with van der Waals surface area (Å²) in [6.07, 6.45) is 1.64. The summed E-state index contributed by atoms with van der Waals surface area (Å²) in [6.45, 7) is 1.30. The maximum atomic E-state index is 12.9. The van der Waals surface area contributed by atoms with E-state index < -0.39 is 0 Å². The van der Waals surface area contributed by atoms with E-state index in [4.69, 9.17) is 20.8 Å². The van der Waals surface area contributed by atoms with Gasteiger partial charge in [0.15, 0.2) is 11.5 Å². The number of hydrogen-bond donors (Lipinski definition) is 0. The molecule has 6 heteroatoms. The number of halogens is 1. The lowest BCUT2D eigenvalue weighted by Gasteiger charge is -2.31. The van der Waals surface area contributed by atoms with Gasteiger partial charge in [-0.15, -0.1) is 0 Å². The van der Waals surface area contributed by atoms with Crippen LogP contribution in [0, 0.1) is 0 Å². The minimum Gasteiger partial charge on any atom is -0.496 e. The lowest BCUT2D eigenvalue weighted by molar-refractivity contribution is 0.0703. The number of piperidine rings is 1. The van der Waals surface area contributed by atoms with Crippen molar-refractivity contribution in [1.82, 2.24) is 9.88 Å². The third-order valence-electron chi connectivity index (χ3n) is 4.83. The van der Waals surface area contributed by atoms with Crippen LogP contribution >= 0.6 is 11.6 Å². The van der Waals surface area contributed by atoms with Crippen LogP contribution in [-0.2, 0) is 0 Å². The molecule has 0 N–H and O–H groups in total. The Morgan fingerprint density at radius 1 is 1.23 bits per heavy atom. The molecule has 1 fully saturated rings. The normalized spacial score (nSPS) is 15.4. The first-order valence-electron chi connectivity index (χ1n) is 8.64. The molecule has 0 bridgehead atoms. The van der Waals surface area contributed by atoms with Gasteiger partial charge in [0, 0.05) is 24.0 Å². The summed E-state index contributed by atoms with van der Waals surface area (Å²) in [5.41, 5.74) is 2.19. The Balaban J connectivity index is 1.48. The molecule has 1 saturated heterocycles. The molecule has 1 amide bonds. The van der Waals surface area contributed by atoms with Crippen LogP contribution in [0.4, 0.5) is 0 Å². The first kappa shape index (κ1) is 16.9. The number of aromatic nitrogens is 1. The fourth-order valence-electron chi connectivity index (χ4n) is 3.41. The number of oxazole rings is 1. The van der Waals surface area contributed by atoms with E-state index >= 15 is 0 Å². The summed E-state index contributed by atoms with van der Waals surface area (Å²) >= 11 is 6.05. The van der Waals surface area contributed by atoms with Crippen LogP contribution in [0.5, 0.6) is 5.75 Å². The van der Waals surface area contributed by atoms with E-state index in [0.717, 1.165) is 29.8 Å². The van der Waals surface area contributed by atoms with Gasteiger partial charge < -0.3 is 14.1 Å². The van der Waals surface area contributed by atoms with E-state index in [-0.39, 0.29) is 11.8 Å². The number of likely N-dealkylation sites (tertiary alicyclic amines) is 1. The maximum Gasteiger partial charge on any atom is 0.257 e. The summed E-state index contributed by atoms with van der Waals surface area (Å²) in [4.78, 5) is 19.3. The SMILES string of the molecule is COc1ccc(Cl)cc1C(=O)N1CCC(c2nc3ccccc3o2)CC1. The molecule has 0 spiro atoms. The molecular formula is C20H19ClN2O3. The highest BCUT2D eigenvalue weighted by atomic mass is 35.5. The minimum atomic E-state index is -0.0552. The largest absolute Gasteiger partial charge is 0.496 e. The second-order valence-corrected chi connectivity index (χ2v) is 6.87. The highest BCUT2D eigenvalue weighted by Crippen LogP contribution is 2.31. The Bertz CT molecular complexity index is 912. The van der Waals surface area contributed by atoms with E-state index in [2.05, 4.69) is 4.98 Å². The van der Waals surface area contributed by atoms with E-state index in [1.807, 2.05) is 29.2 Å². The van der Waals surface area contributed by atoms with Crippen LogP contribution in [0.25, 0.3) is 11.1 Å². The molecule has 2 heterocycles. The fraction of sp³-hybridized carbons (Fsp3) is 0.300. The van der Waals surface area contributed by atoms with Crippen molar-refractivity contribution in [2.24, 2.45) is 0 Å². The number of fused-ring (bicyclic) bond motifs is 1. The Kier molecular flexibility index (Phi) is 4.55. The third kappa shape index (κ3) is 3.15. The van der Waals surface area contributed by atoms with Gasteiger partial charge in [-0.25, -0.2) is 4.98 Å². The standard InChI is InChI=1S/C20H19ClN2O3/c1-25-17-7-6-14(21)12-15(17)20(24)23-10-8-13(9-11-23)19-22-16-4-2-3-5-18(16)26-19/h2-7,12-13H,8-11H2,1H3. The van der Waals surface area contributed by atoms with Gasteiger partial charge in [-0.3, -0.25) is 4.79 Å². The molecule has 5 nitrogen and oxygen atoms in total. The number of benzene rings is 2. The molecule has 0 unspecified atom stereocenters. The fourth-order valence-corrected chi connectivity index (χ4v) is 3.58. The van der Waals surface area contributed by atoms with Gasteiger partial charge in [0.2, 0.25) is 0 Å². The molecule has 0 atom stereocenters. The van der Waals surface area contributed by atoms with Gasteiger partial charge in [-0.05, 0) is 43.2 Å². The molecule has 2 aromatic carbocycles. The molecule has 0 aliphatic carbocycles. The van der Waals surface area contributed by atoms with E-state index in [1.54, 1.807) is 25.3 Å². The second kappa shape index (κ2) is 7.00. The van der Waals surface area contributed by atoms with Gasteiger partial charge in [0.1, 0.15) is 11.3 Å². The monoisotopic (exact) mass is 370 g/mol. The van der Waals surface area contributed by atoms with Crippen LogP contribution in [0.1, 0.15) is 35.0 Å². The van der Waals surface area contributed by atoms with Gasteiger partial charge in [-0.2, -0.15) is 0 Å². The van der Waals surface area contributed by atoms with E-state index in [9.17, 15) is 4.79 Å². The number of carbonyl (C=O) groups is 1. The number of para-hydroxylation sites is 2. The van der Waals surface area contributed by atoms with Gasteiger partial charge in [0.05, 0.1) is 12.7 Å². The predicted octanol–water partition coefficient (Wildman–Crippen LogP) is 4.51. The molecule has 1 aliphatic rings. The zero-order valence-corrected chi connectivity index (χ0v) is 15.2. The Hall–Kier alpha value is -2.53. The highest BCUT2D eigenvalue weighted by molar-refractivity contribution is 6.31. The van der Waals surface area contributed by atoms with Crippen molar-refractivity contribution in [2.75, 3.05) is 20.2 Å². The lowest BCUT2D eigenvalue weighted by atomic mass is 9.96. The van der Waals surface area contributed by atoms with Crippen LogP contribution in [0.15, 0.2) is 46.9 Å². The number of carbonyl (C=O) groups excluding carboxylic acids is 1. The Morgan fingerprint density at radius 3 is 2.73 bits per heavy atom. The zero-order valence-electron chi connectivity index (χ0n) is 14.4. The van der Waals surface area contributed by atoms with Crippen molar-refractivity contribution in [3.8, 4) is 5.75 Å². The van der Waals surface area contributed by atoms with Crippen LogP contribution < -0.4 is 4.74 Å². The highest BCUT2D eigenvalue weighted by Gasteiger charge is 2.28. The average molecular weight is 371 g/mol. The van der Waals surface area contributed by atoms with Crippen molar-refractivity contribution in [3.63, 3.8) is 0 Å². The molecule has 134 valence electrons. The molecule has 0 saturated carbocycles. The lowest BCUT2D eigenvalue weighted by Crippen LogP contribution is -2.38. The molecule has 1 aromatic heterocycles. The number of nitrogens with zero attached hydrogens (tertiary/aromatic N) is 2. The molecule has 3 aromatic rings. The van der Waals surface area contributed by atoms with Crippen molar-refractivity contribution in [1.29, 1.82) is 0 Å². The van der Waals surface area contributed by atoms with Crippen molar-refractivity contribution in [2.45, 2.75) is 18.8 Å². The average Bonchev–Trinajstić information content (AvgIpc) is 3.12. The first-order valence-corrected chi connectivity index (χ1v) is 9.02.